The molecule has 31 heavy (non-hydrogen) atoms. The highest BCUT2D eigenvalue weighted by atomic mass is 32.2. The molecular formula is C22H21N3O5S. The van der Waals surface area contributed by atoms with E-state index in [0.717, 1.165) is 5.56 Å². The molecule has 0 aliphatic carbocycles. The molecule has 0 spiro atoms. The predicted octanol–water partition coefficient (Wildman–Crippen LogP) is 2.77. The minimum atomic E-state index is -3.78. The summed E-state index contributed by atoms with van der Waals surface area (Å²) in [5.74, 6) is -0.128. The fraction of sp³-hybridized carbons (Fsp3) is 0.0909. The zero-order valence-electron chi connectivity index (χ0n) is 16.7. The summed E-state index contributed by atoms with van der Waals surface area (Å²) < 4.78 is 32.5. The van der Waals surface area contributed by atoms with E-state index in [9.17, 15) is 18.0 Å². The van der Waals surface area contributed by atoms with Crippen LogP contribution >= 0.6 is 0 Å². The number of rotatable bonds is 8. The molecule has 0 aliphatic rings. The summed E-state index contributed by atoms with van der Waals surface area (Å²) in [5.41, 5.74) is 1.59. The Morgan fingerprint density at radius 1 is 1.03 bits per heavy atom. The summed E-state index contributed by atoms with van der Waals surface area (Å²) in [6.07, 6.45) is 4.38. The molecule has 8 nitrogen and oxygen atoms in total. The highest BCUT2D eigenvalue weighted by Gasteiger charge is 2.15. The first-order valence-electron chi connectivity index (χ1n) is 9.31. The Morgan fingerprint density at radius 2 is 1.81 bits per heavy atom. The van der Waals surface area contributed by atoms with Gasteiger partial charge in [0.2, 0.25) is 15.9 Å². The van der Waals surface area contributed by atoms with Crippen LogP contribution in [0.2, 0.25) is 0 Å². The third-order valence-electron chi connectivity index (χ3n) is 4.26. The summed E-state index contributed by atoms with van der Waals surface area (Å²) in [5, 5.41) is 5.17. The molecule has 1 aromatic heterocycles. The van der Waals surface area contributed by atoms with Crippen molar-refractivity contribution in [2.75, 3.05) is 12.4 Å². The molecule has 0 saturated carbocycles. The van der Waals surface area contributed by atoms with E-state index in [2.05, 4.69) is 15.4 Å². The van der Waals surface area contributed by atoms with E-state index in [1.54, 1.807) is 55.6 Å². The van der Waals surface area contributed by atoms with Crippen LogP contribution in [0.15, 0.2) is 82.3 Å². The molecule has 3 aromatic rings. The van der Waals surface area contributed by atoms with Gasteiger partial charge in [0.1, 0.15) is 5.76 Å². The van der Waals surface area contributed by atoms with Gasteiger partial charge in [-0.05, 0) is 54.1 Å². The van der Waals surface area contributed by atoms with Crippen molar-refractivity contribution < 1.29 is 22.4 Å². The first-order valence-corrected chi connectivity index (χ1v) is 10.8. The Labute approximate surface area is 180 Å². The maximum absolute atomic E-state index is 12.5. The molecule has 0 atom stereocenters. The van der Waals surface area contributed by atoms with Crippen LogP contribution in [0.5, 0.6) is 0 Å². The smallest absolute Gasteiger partial charge is 0.251 e. The van der Waals surface area contributed by atoms with Gasteiger partial charge in [-0.15, -0.1) is 0 Å². The van der Waals surface area contributed by atoms with Crippen LogP contribution in [0.25, 0.3) is 6.08 Å². The molecule has 2 aromatic carbocycles. The molecular weight excluding hydrogens is 418 g/mol. The molecule has 160 valence electrons. The molecule has 1 heterocycles. The van der Waals surface area contributed by atoms with Crippen LogP contribution < -0.4 is 15.4 Å². The lowest BCUT2D eigenvalue weighted by atomic mass is 10.1. The van der Waals surface area contributed by atoms with Crippen molar-refractivity contribution in [3.05, 3.63) is 89.9 Å². The molecule has 3 rings (SSSR count). The lowest BCUT2D eigenvalue weighted by Crippen LogP contribution is -2.23. The lowest BCUT2D eigenvalue weighted by Gasteiger charge is -2.08. The Kier molecular flexibility index (Phi) is 7.01. The number of amides is 2. The maximum Gasteiger partial charge on any atom is 0.251 e. The first-order chi connectivity index (χ1) is 14.9. The fourth-order valence-corrected chi connectivity index (χ4v) is 3.69. The predicted molar refractivity (Wildman–Crippen MR) is 117 cm³/mol. The minimum Gasteiger partial charge on any atom is -0.468 e. The van der Waals surface area contributed by atoms with Crippen LogP contribution in [0.1, 0.15) is 21.7 Å². The van der Waals surface area contributed by atoms with Crippen molar-refractivity contribution in [2.24, 2.45) is 0 Å². The Balaban J connectivity index is 1.62. The second-order valence-electron chi connectivity index (χ2n) is 6.46. The summed E-state index contributed by atoms with van der Waals surface area (Å²) in [7, 11) is -2.22. The topological polar surface area (TPSA) is 118 Å². The monoisotopic (exact) mass is 439 g/mol. The average molecular weight is 439 g/mol. The van der Waals surface area contributed by atoms with E-state index in [0.29, 0.717) is 17.0 Å². The molecule has 3 N–H and O–H groups in total. The van der Waals surface area contributed by atoms with Crippen molar-refractivity contribution in [3.63, 3.8) is 0 Å². The molecule has 0 saturated heterocycles. The zero-order valence-corrected chi connectivity index (χ0v) is 17.5. The number of nitrogens with one attached hydrogen (secondary N) is 3. The molecule has 0 unspecified atom stereocenters. The van der Waals surface area contributed by atoms with Crippen molar-refractivity contribution in [2.45, 2.75) is 11.4 Å². The molecule has 0 aliphatic heterocycles. The molecule has 9 heteroatoms. The molecule has 2 amide bonds. The maximum atomic E-state index is 12.5. The van der Waals surface area contributed by atoms with Gasteiger partial charge in [-0.1, -0.05) is 18.2 Å². The van der Waals surface area contributed by atoms with Crippen molar-refractivity contribution in [1.29, 1.82) is 0 Å². The summed E-state index contributed by atoms with van der Waals surface area (Å²) >= 11 is 0. The Morgan fingerprint density at radius 3 is 2.48 bits per heavy atom. The molecule has 0 fully saturated rings. The van der Waals surface area contributed by atoms with Gasteiger partial charge < -0.3 is 15.1 Å². The van der Waals surface area contributed by atoms with E-state index in [1.807, 2.05) is 0 Å². The number of benzene rings is 2. The van der Waals surface area contributed by atoms with Crippen LogP contribution in [-0.4, -0.2) is 27.3 Å². The van der Waals surface area contributed by atoms with E-state index in [1.165, 1.54) is 30.5 Å². The number of sulfonamides is 1. The third-order valence-corrected chi connectivity index (χ3v) is 5.65. The van der Waals surface area contributed by atoms with Crippen LogP contribution in [0, 0.1) is 0 Å². The number of hydrogen-bond donors (Lipinski definition) is 3. The fourth-order valence-electron chi connectivity index (χ4n) is 2.65. The highest BCUT2D eigenvalue weighted by Crippen LogP contribution is 2.16. The van der Waals surface area contributed by atoms with Crippen LogP contribution in [0.4, 0.5) is 5.69 Å². The number of carbonyl (C=O) groups is 2. The number of anilines is 1. The van der Waals surface area contributed by atoms with Gasteiger partial charge >= 0.3 is 0 Å². The number of carbonyl (C=O) groups excluding carboxylic acids is 2. The number of hydrogen-bond acceptors (Lipinski definition) is 5. The SMILES string of the molecule is CNC(=O)c1ccc(/C=C/C(=O)Nc2cccc(S(=O)(=O)NCc3ccco3)c2)cc1. The van der Waals surface area contributed by atoms with Crippen LogP contribution in [0.3, 0.4) is 0 Å². The number of furan rings is 1. The summed E-state index contributed by atoms with van der Waals surface area (Å²) in [6.45, 7) is 0.0212. The van der Waals surface area contributed by atoms with E-state index < -0.39 is 15.9 Å². The van der Waals surface area contributed by atoms with Gasteiger partial charge in [-0.3, -0.25) is 9.59 Å². The molecule has 0 bridgehead atoms. The standard InChI is InChI=1S/C22H21N3O5S/c1-23-22(27)17-10-7-16(8-11-17)9-12-21(26)25-18-4-2-6-20(14-18)31(28,29)24-15-19-5-3-13-30-19/h2-14,24H,15H2,1H3,(H,23,27)(H,25,26)/b12-9+. The zero-order chi connectivity index (χ0) is 22.3. The summed E-state index contributed by atoms with van der Waals surface area (Å²) in [6, 6.07) is 16.0. The largest absolute Gasteiger partial charge is 0.468 e. The van der Waals surface area contributed by atoms with Gasteiger partial charge in [0.25, 0.3) is 5.91 Å². The third kappa shape index (κ3) is 6.14. The van der Waals surface area contributed by atoms with E-state index in [-0.39, 0.29) is 17.3 Å². The first kappa shape index (κ1) is 22.0. The van der Waals surface area contributed by atoms with E-state index >= 15 is 0 Å². The minimum absolute atomic E-state index is 0.0191. The lowest BCUT2D eigenvalue weighted by molar-refractivity contribution is -0.111. The second kappa shape index (κ2) is 9.88. The second-order valence-corrected chi connectivity index (χ2v) is 8.22. The van der Waals surface area contributed by atoms with Crippen LogP contribution in [-0.2, 0) is 21.4 Å². The highest BCUT2D eigenvalue weighted by molar-refractivity contribution is 7.89. The normalized spacial score (nSPS) is 11.4. The van der Waals surface area contributed by atoms with E-state index in [4.69, 9.17) is 4.42 Å². The van der Waals surface area contributed by atoms with Gasteiger partial charge in [-0.2, -0.15) is 0 Å². The Hall–Kier alpha value is -3.69. The van der Waals surface area contributed by atoms with Crippen molar-refractivity contribution >= 4 is 33.6 Å². The molecule has 0 radical (unpaired) electrons. The summed E-state index contributed by atoms with van der Waals surface area (Å²) in [4.78, 5) is 23.8. The van der Waals surface area contributed by atoms with Gasteiger partial charge in [-0.25, -0.2) is 13.1 Å². The quantitative estimate of drug-likeness (QED) is 0.467. The van der Waals surface area contributed by atoms with Gasteiger partial charge in [0, 0.05) is 24.4 Å². The van der Waals surface area contributed by atoms with Gasteiger partial charge in [0.15, 0.2) is 0 Å². The van der Waals surface area contributed by atoms with Crippen molar-refractivity contribution in [3.8, 4) is 0 Å². The van der Waals surface area contributed by atoms with Crippen molar-refractivity contribution in [1.82, 2.24) is 10.0 Å². The van der Waals surface area contributed by atoms with Gasteiger partial charge in [0.05, 0.1) is 17.7 Å². The average Bonchev–Trinajstić information content (AvgIpc) is 3.30. The Bertz CT molecular complexity index is 1180.